The number of hydrogen-bond donors (Lipinski definition) is 2. The van der Waals surface area contributed by atoms with E-state index in [-0.39, 0.29) is 22.8 Å². The third-order valence-electron chi connectivity index (χ3n) is 5.36. The summed E-state index contributed by atoms with van der Waals surface area (Å²) in [5, 5.41) is 13.3. The largest absolute Gasteiger partial charge is 0.507 e. The first-order valence-electron chi connectivity index (χ1n) is 10.6. The van der Waals surface area contributed by atoms with Gasteiger partial charge in [0.25, 0.3) is 17.1 Å². The van der Waals surface area contributed by atoms with Gasteiger partial charge in [0.2, 0.25) is 0 Å². The van der Waals surface area contributed by atoms with Gasteiger partial charge in [0.15, 0.2) is 0 Å². The van der Waals surface area contributed by atoms with Crippen molar-refractivity contribution in [3.8, 4) is 11.5 Å². The highest BCUT2D eigenvalue weighted by Gasteiger charge is 2.35. The van der Waals surface area contributed by atoms with Gasteiger partial charge in [0, 0.05) is 0 Å². The number of anilines is 1. The summed E-state index contributed by atoms with van der Waals surface area (Å²) in [6, 6.07) is 14.6. The third kappa shape index (κ3) is 5.51. The monoisotopic (exact) mass is 542 g/mol. The smallest absolute Gasteiger partial charge is 0.293 e. The molecule has 0 aromatic heterocycles. The van der Waals surface area contributed by atoms with E-state index in [0.29, 0.717) is 32.6 Å². The lowest BCUT2D eigenvalue weighted by Crippen LogP contribution is -2.27. The number of phenols is 1. The molecule has 3 amide bonds. The summed E-state index contributed by atoms with van der Waals surface area (Å²) in [5.41, 5.74) is 2.50. The van der Waals surface area contributed by atoms with Crippen LogP contribution < -0.4 is 10.1 Å². The van der Waals surface area contributed by atoms with Crippen molar-refractivity contribution in [1.82, 2.24) is 4.90 Å². The Bertz CT molecular complexity index is 1420. The lowest BCUT2D eigenvalue weighted by molar-refractivity contribution is -0.123. The molecule has 3 aromatic carbocycles. The lowest BCUT2D eigenvalue weighted by Gasteiger charge is -2.13. The highest BCUT2D eigenvalue weighted by Crippen LogP contribution is 2.35. The van der Waals surface area contributed by atoms with Crippen molar-refractivity contribution < 1.29 is 24.2 Å². The van der Waals surface area contributed by atoms with E-state index in [1.54, 1.807) is 36.4 Å². The van der Waals surface area contributed by atoms with Crippen molar-refractivity contribution in [2.45, 2.75) is 13.5 Å². The minimum atomic E-state index is -0.556. The summed E-state index contributed by atoms with van der Waals surface area (Å²) in [7, 11) is 1.49. The standard InChI is InChI=1S/C26H20Cl2N2O5S/c1-14-3-8-22(35-2)20(9-14)29-24(32)17-10-15(5-7-21(17)31)12-23-25(33)30(26(34)36-23)13-16-4-6-18(27)19(28)11-16/h3-12,31H,13H2,1-2H3,(H,29,32). The molecule has 0 saturated carbocycles. The Balaban J connectivity index is 1.56. The van der Waals surface area contributed by atoms with Crippen LogP contribution in [-0.2, 0) is 11.3 Å². The Morgan fingerprint density at radius 3 is 2.58 bits per heavy atom. The van der Waals surface area contributed by atoms with E-state index in [4.69, 9.17) is 27.9 Å². The molecule has 4 rings (SSSR count). The Kier molecular flexibility index (Phi) is 7.59. The summed E-state index contributed by atoms with van der Waals surface area (Å²) in [5.74, 6) is -0.789. The van der Waals surface area contributed by atoms with E-state index in [1.807, 2.05) is 13.0 Å². The van der Waals surface area contributed by atoms with E-state index in [9.17, 15) is 19.5 Å². The van der Waals surface area contributed by atoms with Crippen LogP contribution in [-0.4, -0.2) is 34.2 Å². The van der Waals surface area contributed by atoms with Crippen molar-refractivity contribution in [3.05, 3.63) is 91.8 Å². The second kappa shape index (κ2) is 10.7. The molecule has 1 fully saturated rings. The number of carbonyl (C=O) groups excluding carboxylic acids is 3. The summed E-state index contributed by atoms with van der Waals surface area (Å²) < 4.78 is 5.29. The van der Waals surface area contributed by atoms with Gasteiger partial charge in [0.05, 0.1) is 39.9 Å². The molecule has 0 atom stereocenters. The molecule has 1 heterocycles. The molecule has 1 aliphatic rings. The summed E-state index contributed by atoms with van der Waals surface area (Å²) in [6.07, 6.45) is 1.50. The molecule has 3 aromatic rings. The van der Waals surface area contributed by atoms with E-state index >= 15 is 0 Å². The molecule has 0 radical (unpaired) electrons. The number of hydrogen-bond acceptors (Lipinski definition) is 6. The third-order valence-corrected chi connectivity index (χ3v) is 7.01. The Labute approximate surface area is 221 Å². The molecule has 10 heteroatoms. The highest BCUT2D eigenvalue weighted by molar-refractivity contribution is 8.18. The number of halogens is 2. The van der Waals surface area contributed by atoms with Gasteiger partial charge < -0.3 is 15.2 Å². The zero-order valence-corrected chi connectivity index (χ0v) is 21.5. The van der Waals surface area contributed by atoms with Gasteiger partial charge in [-0.25, -0.2) is 0 Å². The second-order valence-corrected chi connectivity index (χ2v) is 9.76. The fourth-order valence-corrected chi connectivity index (χ4v) is 4.70. The number of ether oxygens (including phenoxy) is 1. The average molecular weight is 543 g/mol. The Morgan fingerprint density at radius 1 is 1.08 bits per heavy atom. The molecule has 1 saturated heterocycles. The molecule has 36 heavy (non-hydrogen) atoms. The SMILES string of the molecule is COc1ccc(C)cc1NC(=O)c1cc(C=C2SC(=O)N(Cc3ccc(Cl)c(Cl)c3)C2=O)ccc1O. The minimum Gasteiger partial charge on any atom is -0.507 e. The quantitative estimate of drug-likeness (QED) is 0.345. The summed E-state index contributed by atoms with van der Waals surface area (Å²) in [4.78, 5) is 39.7. The fraction of sp³-hybridized carbons (Fsp3) is 0.115. The molecule has 0 aliphatic carbocycles. The van der Waals surface area contributed by atoms with Gasteiger partial charge in [-0.2, -0.15) is 0 Å². The molecule has 1 aliphatic heterocycles. The number of methoxy groups -OCH3 is 1. The van der Waals surface area contributed by atoms with Crippen molar-refractivity contribution in [1.29, 1.82) is 0 Å². The molecule has 184 valence electrons. The highest BCUT2D eigenvalue weighted by atomic mass is 35.5. The maximum absolute atomic E-state index is 12.9. The van der Waals surface area contributed by atoms with Crippen LogP contribution in [0.5, 0.6) is 11.5 Å². The van der Waals surface area contributed by atoms with E-state index in [2.05, 4.69) is 5.32 Å². The predicted octanol–water partition coefficient (Wildman–Crippen LogP) is 6.50. The molecule has 0 bridgehead atoms. The topological polar surface area (TPSA) is 95.9 Å². The number of carbonyl (C=O) groups is 3. The van der Waals surface area contributed by atoms with Crippen molar-refractivity contribution in [2.24, 2.45) is 0 Å². The van der Waals surface area contributed by atoms with E-state index in [1.165, 1.54) is 25.3 Å². The van der Waals surface area contributed by atoms with Crippen LogP contribution in [0.4, 0.5) is 10.5 Å². The van der Waals surface area contributed by atoms with Crippen molar-refractivity contribution >= 4 is 63.8 Å². The van der Waals surface area contributed by atoms with Gasteiger partial charge >= 0.3 is 0 Å². The number of benzene rings is 3. The molecule has 7 nitrogen and oxygen atoms in total. The van der Waals surface area contributed by atoms with Crippen molar-refractivity contribution in [2.75, 3.05) is 12.4 Å². The second-order valence-electron chi connectivity index (χ2n) is 7.95. The summed E-state index contributed by atoms with van der Waals surface area (Å²) >= 11 is 12.8. The van der Waals surface area contributed by atoms with Gasteiger partial charge in [-0.1, -0.05) is 41.4 Å². The molecular weight excluding hydrogens is 523 g/mol. The van der Waals surface area contributed by atoms with Gasteiger partial charge in [-0.05, 0) is 77.9 Å². The first-order chi connectivity index (χ1) is 17.2. The Hall–Kier alpha value is -3.46. The number of aromatic hydroxyl groups is 1. The van der Waals surface area contributed by atoms with Crippen LogP contribution in [0.25, 0.3) is 6.08 Å². The van der Waals surface area contributed by atoms with Crippen LogP contribution in [0.15, 0.2) is 59.5 Å². The lowest BCUT2D eigenvalue weighted by atomic mass is 10.1. The number of thioether (sulfide) groups is 1. The number of phenolic OH excluding ortho intramolecular Hbond substituents is 1. The first-order valence-corrected chi connectivity index (χ1v) is 12.2. The van der Waals surface area contributed by atoms with Crippen LogP contribution in [0.3, 0.4) is 0 Å². The van der Waals surface area contributed by atoms with E-state index < -0.39 is 17.1 Å². The number of nitrogens with zero attached hydrogens (tertiary/aromatic N) is 1. The first kappa shape index (κ1) is 25.6. The van der Waals surface area contributed by atoms with Gasteiger partial charge in [0.1, 0.15) is 11.5 Å². The van der Waals surface area contributed by atoms with Crippen molar-refractivity contribution in [3.63, 3.8) is 0 Å². The number of nitrogens with one attached hydrogen (secondary N) is 1. The van der Waals surface area contributed by atoms with Gasteiger partial charge in [-0.3, -0.25) is 19.3 Å². The Morgan fingerprint density at radius 2 is 1.86 bits per heavy atom. The van der Waals surface area contributed by atoms with Crippen LogP contribution >= 0.6 is 35.0 Å². The van der Waals surface area contributed by atoms with Crippen LogP contribution in [0, 0.1) is 6.92 Å². The van der Waals surface area contributed by atoms with Crippen LogP contribution in [0.2, 0.25) is 10.0 Å². The van der Waals surface area contributed by atoms with Crippen LogP contribution in [0.1, 0.15) is 27.0 Å². The predicted molar refractivity (Wildman–Crippen MR) is 142 cm³/mol. The average Bonchev–Trinajstić information content (AvgIpc) is 3.10. The number of amides is 3. The summed E-state index contributed by atoms with van der Waals surface area (Å²) in [6.45, 7) is 1.92. The molecule has 0 spiro atoms. The number of aryl methyl sites for hydroxylation is 1. The molecule has 0 unspecified atom stereocenters. The zero-order valence-electron chi connectivity index (χ0n) is 19.2. The zero-order chi connectivity index (χ0) is 26.0. The normalized spacial score (nSPS) is 14.4. The van der Waals surface area contributed by atoms with E-state index in [0.717, 1.165) is 22.2 Å². The molecular formula is C26H20Cl2N2O5S. The van der Waals surface area contributed by atoms with Gasteiger partial charge in [-0.15, -0.1) is 0 Å². The minimum absolute atomic E-state index is 0.00217. The number of rotatable bonds is 6. The maximum Gasteiger partial charge on any atom is 0.293 e. The number of imide groups is 1. The fourth-order valence-electron chi connectivity index (χ4n) is 3.54. The molecule has 2 N–H and O–H groups in total. The maximum atomic E-state index is 12.9.